The second-order valence-corrected chi connectivity index (χ2v) is 8.02. The van der Waals surface area contributed by atoms with Crippen molar-refractivity contribution in [1.29, 1.82) is 0 Å². The lowest BCUT2D eigenvalue weighted by Crippen LogP contribution is -2.33. The molecule has 0 spiro atoms. The molecule has 7 heteroatoms. The highest BCUT2D eigenvalue weighted by Gasteiger charge is 2.17. The predicted octanol–water partition coefficient (Wildman–Crippen LogP) is 8.85. The van der Waals surface area contributed by atoms with Crippen LogP contribution < -0.4 is 15.0 Å². The lowest BCUT2D eigenvalue weighted by Gasteiger charge is -2.18. The van der Waals surface area contributed by atoms with Crippen LogP contribution in [-0.2, 0) is 19.2 Å². The number of para-hydroxylation sites is 3. The maximum atomic E-state index is 11.2. The van der Waals surface area contributed by atoms with E-state index in [1.54, 1.807) is 18.2 Å². The summed E-state index contributed by atoms with van der Waals surface area (Å²) in [5.74, 6) is -0.183. The van der Waals surface area contributed by atoms with E-state index < -0.39 is 0 Å². The van der Waals surface area contributed by atoms with Gasteiger partial charge in [0.2, 0.25) is 17.7 Å². The van der Waals surface area contributed by atoms with Crippen molar-refractivity contribution in [3.63, 3.8) is 0 Å². The van der Waals surface area contributed by atoms with E-state index in [1.165, 1.54) is 32.6 Å². The van der Waals surface area contributed by atoms with E-state index in [9.17, 15) is 19.2 Å². The van der Waals surface area contributed by atoms with Crippen LogP contribution in [0, 0.1) is 20.8 Å². The van der Waals surface area contributed by atoms with Crippen molar-refractivity contribution >= 4 is 35.1 Å². The van der Waals surface area contributed by atoms with Gasteiger partial charge < -0.3 is 10.1 Å². The molecular weight excluding hydrogens is 528 g/mol. The number of imide groups is 1. The van der Waals surface area contributed by atoms with Crippen molar-refractivity contribution in [2.75, 3.05) is 10.2 Å². The number of benzene rings is 3. The van der Waals surface area contributed by atoms with Crippen molar-refractivity contribution in [1.82, 2.24) is 0 Å². The number of aryl methyl sites for hydroxylation is 3. The van der Waals surface area contributed by atoms with Crippen molar-refractivity contribution in [2.45, 2.75) is 90.0 Å². The summed E-state index contributed by atoms with van der Waals surface area (Å²) in [7, 11) is 0. The molecule has 0 fully saturated rings. The summed E-state index contributed by atoms with van der Waals surface area (Å²) in [5.41, 5.74) is 4.52. The Morgan fingerprint density at radius 3 is 1.36 bits per heavy atom. The number of anilines is 2. The maximum absolute atomic E-state index is 11.2. The van der Waals surface area contributed by atoms with Crippen molar-refractivity contribution < 1.29 is 23.9 Å². The average Bonchev–Trinajstić information content (AvgIpc) is 2.96. The first-order valence-corrected chi connectivity index (χ1v) is 14.4. The number of ether oxygens (including phenoxy) is 1. The smallest absolute Gasteiger partial charge is 0.308 e. The number of nitrogens with zero attached hydrogens (tertiary/aromatic N) is 1. The summed E-state index contributed by atoms with van der Waals surface area (Å²) in [5, 5.41) is 2.73. The number of rotatable bonds is 3. The summed E-state index contributed by atoms with van der Waals surface area (Å²) in [6.45, 7) is 23.4. The van der Waals surface area contributed by atoms with E-state index in [0.717, 1.165) is 22.4 Å². The van der Waals surface area contributed by atoms with Gasteiger partial charge in [-0.25, -0.2) is 0 Å². The minimum atomic E-state index is -0.278. The summed E-state index contributed by atoms with van der Waals surface area (Å²) < 4.78 is 4.91. The molecule has 3 aromatic rings. The summed E-state index contributed by atoms with van der Waals surface area (Å²) >= 11 is 0. The molecule has 0 heterocycles. The minimum Gasteiger partial charge on any atom is -0.426 e. The normalized spacial score (nSPS) is 8.50. The average molecular weight is 581 g/mol. The highest BCUT2D eigenvalue weighted by molar-refractivity contribution is 6.13. The SMILES string of the molecule is CC.CC.CC.CC(=O)N(C(C)=O)c1ccccc1C.CC(=O)Nc1ccccc1C.CC(=O)Oc1ccccc1C. The molecule has 0 aliphatic carbocycles. The quantitative estimate of drug-likeness (QED) is 0.247. The fourth-order valence-electron chi connectivity index (χ4n) is 3.10. The number of esters is 1. The van der Waals surface area contributed by atoms with Gasteiger partial charge in [0.1, 0.15) is 5.75 Å². The number of carbonyl (C=O) groups excluding carboxylic acids is 4. The molecule has 3 rings (SSSR count). The Labute approximate surface area is 254 Å². The number of nitrogens with one attached hydrogen (secondary N) is 1. The van der Waals surface area contributed by atoms with Crippen LogP contribution in [0.5, 0.6) is 5.75 Å². The monoisotopic (exact) mass is 580 g/mol. The maximum Gasteiger partial charge on any atom is 0.308 e. The fourth-order valence-corrected chi connectivity index (χ4v) is 3.10. The molecule has 0 bridgehead atoms. The van der Waals surface area contributed by atoms with Crippen molar-refractivity contribution in [2.24, 2.45) is 0 Å². The Kier molecular flexibility index (Phi) is 25.8. The van der Waals surface area contributed by atoms with Gasteiger partial charge in [-0.05, 0) is 55.7 Å². The molecule has 0 radical (unpaired) electrons. The first-order chi connectivity index (χ1) is 19.9. The zero-order chi connectivity index (χ0) is 33.3. The molecule has 3 amide bonds. The number of carbonyl (C=O) groups is 4. The topological polar surface area (TPSA) is 92.8 Å². The van der Waals surface area contributed by atoms with Crippen LogP contribution in [0.3, 0.4) is 0 Å². The van der Waals surface area contributed by atoms with Gasteiger partial charge in [-0.2, -0.15) is 0 Å². The fraction of sp³-hybridized carbons (Fsp3) is 0.371. The molecule has 0 aromatic heterocycles. The molecule has 3 aromatic carbocycles. The van der Waals surface area contributed by atoms with Gasteiger partial charge in [0.15, 0.2) is 0 Å². The second kappa shape index (κ2) is 25.7. The number of hydrogen-bond acceptors (Lipinski definition) is 5. The Morgan fingerprint density at radius 1 is 0.571 bits per heavy atom. The summed E-state index contributed by atoms with van der Waals surface area (Å²) in [4.78, 5) is 44.9. The number of amides is 3. The Balaban J connectivity index is -0.000000501. The molecule has 0 aliphatic rings. The summed E-state index contributed by atoms with van der Waals surface area (Å²) in [6.07, 6.45) is 0. The van der Waals surface area contributed by atoms with Gasteiger partial charge in [-0.1, -0.05) is 96.1 Å². The standard InChI is InChI=1S/C11H13NO2.C9H11NO.C9H10O2.3C2H6/c1-8-6-4-5-7-11(8)12(9(2)13)10(3)14;1-7-5-3-4-6-9(7)10-8(2)11;1-7-5-3-4-6-9(7)11-8(2)10;3*1-2/h4-7H,1-3H3;3-6H,1-2H3,(H,10,11);3-6H,1-2H3;3*1-2H3. The molecule has 0 saturated carbocycles. The second-order valence-electron chi connectivity index (χ2n) is 8.02. The molecule has 7 nitrogen and oxygen atoms in total. The zero-order valence-corrected chi connectivity index (χ0v) is 27.9. The van der Waals surface area contributed by atoms with Crippen LogP contribution in [0.4, 0.5) is 11.4 Å². The third kappa shape index (κ3) is 18.2. The number of hydrogen-bond donors (Lipinski definition) is 1. The highest BCUT2D eigenvalue weighted by atomic mass is 16.5. The van der Waals surface area contributed by atoms with E-state index in [1.807, 2.05) is 117 Å². The van der Waals surface area contributed by atoms with Crippen LogP contribution in [0.2, 0.25) is 0 Å². The zero-order valence-electron chi connectivity index (χ0n) is 27.9. The molecule has 0 aliphatic heterocycles. The van der Waals surface area contributed by atoms with Gasteiger partial charge in [0, 0.05) is 33.4 Å². The van der Waals surface area contributed by atoms with E-state index in [0.29, 0.717) is 11.4 Å². The van der Waals surface area contributed by atoms with Crippen molar-refractivity contribution in [3.05, 3.63) is 89.5 Å². The minimum absolute atomic E-state index is 0.0284. The molecule has 0 saturated heterocycles. The Hall–Kier alpha value is -4.26. The highest BCUT2D eigenvalue weighted by Crippen LogP contribution is 2.19. The Bertz CT molecular complexity index is 1130. The molecule has 232 valence electrons. The van der Waals surface area contributed by atoms with Crippen LogP contribution in [0.15, 0.2) is 72.8 Å². The first-order valence-electron chi connectivity index (χ1n) is 14.4. The third-order valence-electron chi connectivity index (χ3n) is 4.79. The van der Waals surface area contributed by atoms with E-state index >= 15 is 0 Å². The first kappa shape index (κ1) is 42.2. The molecular formula is C35H52N2O5. The predicted molar refractivity (Wildman–Crippen MR) is 177 cm³/mol. The Morgan fingerprint density at radius 2 is 0.976 bits per heavy atom. The lowest BCUT2D eigenvalue weighted by molar-refractivity contribution is -0.132. The summed E-state index contributed by atoms with van der Waals surface area (Å²) in [6, 6.07) is 22.4. The van der Waals surface area contributed by atoms with Crippen LogP contribution in [-0.4, -0.2) is 23.7 Å². The molecule has 0 atom stereocenters. The molecule has 42 heavy (non-hydrogen) atoms. The molecule has 1 N–H and O–H groups in total. The largest absolute Gasteiger partial charge is 0.426 e. The van der Waals surface area contributed by atoms with Crippen LogP contribution in [0.25, 0.3) is 0 Å². The van der Waals surface area contributed by atoms with Gasteiger partial charge in [-0.3, -0.25) is 24.1 Å². The van der Waals surface area contributed by atoms with E-state index in [-0.39, 0.29) is 23.7 Å². The van der Waals surface area contributed by atoms with Gasteiger partial charge in [0.05, 0.1) is 5.69 Å². The van der Waals surface area contributed by atoms with Gasteiger partial charge >= 0.3 is 5.97 Å². The van der Waals surface area contributed by atoms with E-state index in [2.05, 4.69) is 5.32 Å². The van der Waals surface area contributed by atoms with Gasteiger partial charge in [-0.15, -0.1) is 0 Å². The van der Waals surface area contributed by atoms with Gasteiger partial charge in [0.25, 0.3) is 0 Å². The van der Waals surface area contributed by atoms with Crippen LogP contribution in [0.1, 0.15) is 85.9 Å². The van der Waals surface area contributed by atoms with Crippen molar-refractivity contribution in [3.8, 4) is 5.75 Å². The van der Waals surface area contributed by atoms with E-state index in [4.69, 9.17) is 4.74 Å². The van der Waals surface area contributed by atoms with Crippen LogP contribution >= 0.6 is 0 Å². The molecule has 0 unspecified atom stereocenters. The lowest BCUT2D eigenvalue weighted by atomic mass is 10.2. The third-order valence-corrected chi connectivity index (χ3v) is 4.79.